The molecule has 0 heterocycles. The Morgan fingerprint density at radius 1 is 0.953 bits per heavy atom. The largest absolute Gasteiger partial charge is 0.497 e. The molecule has 4 rings (SSSR count). The second-order valence-corrected chi connectivity index (χ2v) is 13.2. The maximum Gasteiger partial charge on any atom is 0.243 e. The highest BCUT2D eigenvalue weighted by Crippen LogP contribution is 2.25. The first kappa shape index (κ1) is 32.1. The summed E-state index contributed by atoms with van der Waals surface area (Å²) in [5.74, 6) is 0.205. The highest BCUT2D eigenvalue weighted by atomic mass is 32.2. The number of methoxy groups -OCH3 is 1. The molecule has 43 heavy (non-hydrogen) atoms. The van der Waals surface area contributed by atoms with Crippen molar-refractivity contribution in [3.05, 3.63) is 95.6 Å². The standard InChI is InChI=1S/C34H43N3O5S/c1-26-18-20-28(21-19-26)25-36(32(23-27-11-5-4-6-12-27)34(39)35-29-13-7-8-14-29)33(38)17-10-22-37(43(3,40)41)30-15-9-16-31(24-30)42-2/h4-6,9,11-12,15-16,18-21,24,29,32H,7-8,10,13-14,17,22-23,25H2,1-3H3,(H,35,39)/t32-/m0/s1. The van der Waals surface area contributed by atoms with Gasteiger partial charge in [0, 0.05) is 38.0 Å². The van der Waals surface area contributed by atoms with Gasteiger partial charge in [0.2, 0.25) is 21.8 Å². The predicted molar refractivity (Wildman–Crippen MR) is 170 cm³/mol. The van der Waals surface area contributed by atoms with Crippen LogP contribution < -0.4 is 14.4 Å². The van der Waals surface area contributed by atoms with Crippen molar-refractivity contribution in [3.8, 4) is 5.75 Å². The molecule has 2 amide bonds. The zero-order chi connectivity index (χ0) is 30.8. The van der Waals surface area contributed by atoms with Crippen molar-refractivity contribution in [1.82, 2.24) is 10.2 Å². The van der Waals surface area contributed by atoms with Gasteiger partial charge in [0.15, 0.2) is 0 Å². The van der Waals surface area contributed by atoms with Crippen LogP contribution in [0.1, 0.15) is 55.2 Å². The van der Waals surface area contributed by atoms with Gasteiger partial charge in [-0.2, -0.15) is 0 Å². The SMILES string of the molecule is COc1cccc(N(CCCC(=O)N(Cc2ccc(C)cc2)[C@@H](Cc2ccccc2)C(=O)NC2CCCC2)S(C)(=O)=O)c1. The van der Waals surface area contributed by atoms with Gasteiger partial charge in [-0.15, -0.1) is 0 Å². The van der Waals surface area contributed by atoms with Gasteiger partial charge in [-0.3, -0.25) is 13.9 Å². The molecule has 0 aromatic heterocycles. The summed E-state index contributed by atoms with van der Waals surface area (Å²) < 4.78 is 32.0. The normalized spacial score (nSPS) is 14.2. The topological polar surface area (TPSA) is 96.0 Å². The molecule has 1 aliphatic rings. The molecule has 1 atom stereocenters. The van der Waals surface area contributed by atoms with Crippen molar-refractivity contribution in [2.45, 2.75) is 70.5 Å². The van der Waals surface area contributed by atoms with Crippen molar-refractivity contribution in [2.24, 2.45) is 0 Å². The molecule has 0 spiro atoms. The third-order valence-corrected chi connectivity index (χ3v) is 9.13. The van der Waals surface area contributed by atoms with E-state index in [2.05, 4.69) is 5.32 Å². The van der Waals surface area contributed by atoms with Crippen LogP contribution >= 0.6 is 0 Å². The molecule has 0 bridgehead atoms. The number of ether oxygens (including phenoxy) is 1. The highest BCUT2D eigenvalue weighted by Gasteiger charge is 2.32. The summed E-state index contributed by atoms with van der Waals surface area (Å²) in [4.78, 5) is 29.5. The number of hydrogen-bond donors (Lipinski definition) is 1. The Labute approximate surface area is 256 Å². The number of anilines is 1. The number of nitrogens with one attached hydrogen (secondary N) is 1. The molecule has 230 valence electrons. The van der Waals surface area contributed by atoms with E-state index in [0.29, 0.717) is 17.9 Å². The minimum Gasteiger partial charge on any atom is -0.497 e. The first-order chi connectivity index (χ1) is 20.6. The van der Waals surface area contributed by atoms with Crippen molar-refractivity contribution >= 4 is 27.5 Å². The van der Waals surface area contributed by atoms with Gasteiger partial charge in [0.05, 0.1) is 19.1 Å². The Morgan fingerprint density at radius 3 is 2.30 bits per heavy atom. The van der Waals surface area contributed by atoms with Crippen molar-refractivity contribution in [2.75, 3.05) is 24.2 Å². The van der Waals surface area contributed by atoms with E-state index in [9.17, 15) is 18.0 Å². The Morgan fingerprint density at radius 2 is 1.65 bits per heavy atom. The van der Waals surface area contributed by atoms with Crippen LogP contribution in [0.5, 0.6) is 5.75 Å². The first-order valence-corrected chi connectivity index (χ1v) is 16.8. The summed E-state index contributed by atoms with van der Waals surface area (Å²) in [6, 6.07) is 24.0. The second kappa shape index (κ2) is 15.0. The van der Waals surface area contributed by atoms with Crippen LogP contribution in [-0.4, -0.2) is 57.1 Å². The maximum absolute atomic E-state index is 14.0. The van der Waals surface area contributed by atoms with Gasteiger partial charge >= 0.3 is 0 Å². The van der Waals surface area contributed by atoms with Crippen LogP contribution in [0, 0.1) is 6.92 Å². The Bertz CT molecular complexity index is 1450. The molecule has 1 saturated carbocycles. The lowest BCUT2D eigenvalue weighted by molar-refractivity contribution is -0.141. The van der Waals surface area contributed by atoms with E-state index in [0.717, 1.165) is 48.6 Å². The third kappa shape index (κ3) is 9.32. The first-order valence-electron chi connectivity index (χ1n) is 14.9. The molecule has 9 heteroatoms. The third-order valence-electron chi connectivity index (χ3n) is 7.94. The summed E-state index contributed by atoms with van der Waals surface area (Å²) in [6.07, 6.45) is 5.98. The van der Waals surface area contributed by atoms with Gasteiger partial charge in [0.25, 0.3) is 0 Å². The van der Waals surface area contributed by atoms with Crippen LogP contribution in [-0.2, 0) is 32.6 Å². The molecule has 0 aliphatic heterocycles. The molecule has 1 N–H and O–H groups in total. The Kier molecular flexibility index (Phi) is 11.2. The summed E-state index contributed by atoms with van der Waals surface area (Å²) in [6.45, 7) is 2.41. The van der Waals surface area contributed by atoms with E-state index in [1.165, 1.54) is 11.4 Å². The molecule has 1 fully saturated rings. The van der Waals surface area contributed by atoms with Gasteiger partial charge in [-0.25, -0.2) is 8.42 Å². The lowest BCUT2D eigenvalue weighted by Gasteiger charge is -2.33. The molecule has 3 aromatic carbocycles. The summed E-state index contributed by atoms with van der Waals surface area (Å²) in [5.41, 5.74) is 3.49. The number of amides is 2. The monoisotopic (exact) mass is 605 g/mol. The average molecular weight is 606 g/mol. The molecule has 0 radical (unpaired) electrons. The fourth-order valence-corrected chi connectivity index (χ4v) is 6.54. The van der Waals surface area contributed by atoms with Crippen molar-refractivity contribution in [3.63, 3.8) is 0 Å². The van der Waals surface area contributed by atoms with Crippen LogP contribution in [0.2, 0.25) is 0 Å². The fourth-order valence-electron chi connectivity index (χ4n) is 5.58. The average Bonchev–Trinajstić information content (AvgIpc) is 3.51. The Balaban J connectivity index is 1.58. The van der Waals surface area contributed by atoms with Gasteiger partial charge in [0.1, 0.15) is 11.8 Å². The van der Waals surface area contributed by atoms with Gasteiger partial charge in [-0.05, 0) is 49.4 Å². The van der Waals surface area contributed by atoms with Crippen molar-refractivity contribution in [1.29, 1.82) is 0 Å². The van der Waals surface area contributed by atoms with E-state index in [4.69, 9.17) is 4.74 Å². The number of rotatable bonds is 14. The van der Waals surface area contributed by atoms with Crippen LogP contribution in [0.25, 0.3) is 0 Å². The molecular formula is C34H43N3O5S. The van der Waals surface area contributed by atoms with Crippen LogP contribution in [0.15, 0.2) is 78.9 Å². The molecule has 3 aromatic rings. The summed E-state index contributed by atoms with van der Waals surface area (Å²) >= 11 is 0. The number of nitrogens with zero attached hydrogens (tertiary/aromatic N) is 2. The van der Waals surface area contributed by atoms with E-state index < -0.39 is 16.1 Å². The molecule has 0 saturated heterocycles. The Hall–Kier alpha value is -3.85. The maximum atomic E-state index is 14.0. The minimum absolute atomic E-state index is 0.0872. The molecule has 1 aliphatic carbocycles. The van der Waals surface area contributed by atoms with Crippen LogP contribution in [0.4, 0.5) is 5.69 Å². The molecular weight excluding hydrogens is 562 g/mol. The number of aryl methyl sites for hydroxylation is 1. The summed E-state index contributed by atoms with van der Waals surface area (Å²) in [7, 11) is -2.08. The fraction of sp³-hybridized carbons (Fsp3) is 0.412. The van der Waals surface area contributed by atoms with Crippen molar-refractivity contribution < 1.29 is 22.7 Å². The van der Waals surface area contributed by atoms with Gasteiger partial charge in [-0.1, -0.05) is 79.1 Å². The van der Waals surface area contributed by atoms with Gasteiger partial charge < -0.3 is 15.0 Å². The lowest BCUT2D eigenvalue weighted by Crippen LogP contribution is -2.52. The van der Waals surface area contributed by atoms with E-state index in [1.54, 1.807) is 29.2 Å². The molecule has 0 unspecified atom stereocenters. The zero-order valence-electron chi connectivity index (χ0n) is 25.4. The zero-order valence-corrected chi connectivity index (χ0v) is 26.2. The molecule has 8 nitrogen and oxygen atoms in total. The smallest absolute Gasteiger partial charge is 0.243 e. The van der Waals surface area contributed by atoms with E-state index >= 15 is 0 Å². The van der Waals surface area contributed by atoms with E-state index in [1.807, 2.05) is 61.5 Å². The van der Waals surface area contributed by atoms with Crippen LogP contribution in [0.3, 0.4) is 0 Å². The number of carbonyl (C=O) groups excluding carboxylic acids is 2. The number of benzene rings is 3. The second-order valence-electron chi connectivity index (χ2n) is 11.3. The highest BCUT2D eigenvalue weighted by molar-refractivity contribution is 7.92. The minimum atomic E-state index is -3.61. The number of hydrogen-bond acceptors (Lipinski definition) is 5. The number of carbonyl (C=O) groups is 2. The quantitative estimate of drug-likeness (QED) is 0.271. The summed E-state index contributed by atoms with van der Waals surface area (Å²) in [5, 5.41) is 3.22. The predicted octanol–water partition coefficient (Wildman–Crippen LogP) is 5.25. The lowest BCUT2D eigenvalue weighted by atomic mass is 10.0. The number of sulfonamides is 1. The van der Waals surface area contributed by atoms with E-state index in [-0.39, 0.29) is 43.8 Å².